The second kappa shape index (κ2) is 13.7. The van der Waals surface area contributed by atoms with Crippen molar-refractivity contribution in [2.45, 2.75) is 34.1 Å². The Morgan fingerprint density at radius 3 is 2.50 bits per heavy atom. The van der Waals surface area contributed by atoms with Crippen LogP contribution in [0.4, 0.5) is 4.39 Å². The monoisotopic (exact) mass is 258 g/mol. The maximum absolute atomic E-state index is 12.0. The molecule has 0 spiro atoms. The van der Waals surface area contributed by atoms with Gasteiger partial charge in [0.25, 0.3) is 5.91 Å². The van der Waals surface area contributed by atoms with E-state index in [0.717, 1.165) is 6.54 Å². The van der Waals surface area contributed by atoms with Gasteiger partial charge in [-0.2, -0.15) is 0 Å². The summed E-state index contributed by atoms with van der Waals surface area (Å²) < 4.78 is 12.0. The van der Waals surface area contributed by atoms with Gasteiger partial charge in [-0.15, -0.1) is 0 Å². The van der Waals surface area contributed by atoms with Gasteiger partial charge < -0.3 is 10.2 Å². The SMILES string of the molecule is CC.CC#CC(=O)N1CC/C(=C/F)C1.CCNC.[HH]. The Morgan fingerprint density at radius 1 is 1.61 bits per heavy atom. The number of carbonyl (C=O) groups excluding carboxylic acids is 1. The van der Waals surface area contributed by atoms with Crippen LogP contribution in [0.15, 0.2) is 11.9 Å². The van der Waals surface area contributed by atoms with E-state index in [1.54, 1.807) is 11.8 Å². The number of carbonyl (C=O) groups is 1. The summed E-state index contributed by atoms with van der Waals surface area (Å²) in [6.07, 6.45) is 1.21. The molecule has 1 saturated heterocycles. The van der Waals surface area contributed by atoms with Gasteiger partial charge in [-0.3, -0.25) is 4.79 Å². The summed E-state index contributed by atoms with van der Waals surface area (Å²) >= 11 is 0. The van der Waals surface area contributed by atoms with Crippen molar-refractivity contribution >= 4 is 5.91 Å². The molecule has 0 bridgehead atoms. The number of nitrogens with zero attached hydrogens (tertiary/aromatic N) is 1. The minimum Gasteiger partial charge on any atom is -0.327 e. The van der Waals surface area contributed by atoms with Crippen LogP contribution in [0.3, 0.4) is 0 Å². The highest BCUT2D eigenvalue weighted by molar-refractivity contribution is 5.93. The molecule has 0 atom stereocenters. The third-order valence-electron chi connectivity index (χ3n) is 2.12. The van der Waals surface area contributed by atoms with Crippen LogP contribution in [-0.4, -0.2) is 37.5 Å². The first-order chi connectivity index (χ1) is 8.69. The van der Waals surface area contributed by atoms with E-state index in [1.165, 1.54) is 0 Å². The molecule has 0 aromatic heterocycles. The quantitative estimate of drug-likeness (QED) is 0.733. The normalized spacial score (nSPS) is 14.8. The zero-order valence-corrected chi connectivity index (χ0v) is 12.1. The summed E-state index contributed by atoms with van der Waals surface area (Å²) in [5.41, 5.74) is 0.668. The predicted molar refractivity (Wildman–Crippen MR) is 76.9 cm³/mol. The zero-order valence-electron chi connectivity index (χ0n) is 12.1. The first-order valence-corrected chi connectivity index (χ1v) is 6.33. The lowest BCUT2D eigenvalue weighted by Crippen LogP contribution is -2.26. The van der Waals surface area contributed by atoms with Crippen LogP contribution in [0, 0.1) is 11.8 Å². The Hall–Kier alpha value is -1.34. The molecule has 0 radical (unpaired) electrons. The molecular weight excluding hydrogens is 231 g/mol. The summed E-state index contributed by atoms with van der Waals surface area (Å²) in [5.74, 6) is 4.73. The Labute approximate surface area is 112 Å². The number of halogens is 1. The van der Waals surface area contributed by atoms with E-state index < -0.39 is 0 Å². The van der Waals surface area contributed by atoms with Gasteiger partial charge in [-0.05, 0) is 38.4 Å². The van der Waals surface area contributed by atoms with Crippen LogP contribution >= 0.6 is 0 Å². The second-order valence-electron chi connectivity index (χ2n) is 3.33. The topological polar surface area (TPSA) is 32.3 Å². The molecule has 0 aromatic rings. The number of hydrogen-bond donors (Lipinski definition) is 1. The summed E-state index contributed by atoms with van der Waals surface area (Å²) in [6, 6.07) is 0. The minimum atomic E-state index is -0.214. The van der Waals surface area contributed by atoms with Crippen LogP contribution in [-0.2, 0) is 4.79 Å². The molecule has 0 unspecified atom stereocenters. The van der Waals surface area contributed by atoms with Gasteiger partial charge in [-0.25, -0.2) is 4.39 Å². The van der Waals surface area contributed by atoms with Crippen molar-refractivity contribution in [1.82, 2.24) is 10.2 Å². The van der Waals surface area contributed by atoms with Crippen molar-refractivity contribution in [1.29, 1.82) is 0 Å². The molecule has 4 heteroatoms. The fourth-order valence-corrected chi connectivity index (χ4v) is 1.13. The molecule has 1 aliphatic heterocycles. The molecule has 0 saturated carbocycles. The van der Waals surface area contributed by atoms with Crippen molar-refractivity contribution in [3.63, 3.8) is 0 Å². The van der Waals surface area contributed by atoms with E-state index >= 15 is 0 Å². The van der Waals surface area contributed by atoms with Crippen LogP contribution in [0.25, 0.3) is 0 Å². The maximum atomic E-state index is 12.0. The molecule has 1 N–H and O–H groups in total. The Balaban J connectivity index is -0.000000316. The molecule has 1 heterocycles. The minimum absolute atomic E-state index is 0. The van der Waals surface area contributed by atoms with E-state index in [1.807, 2.05) is 20.9 Å². The molecule has 1 rings (SSSR count). The third-order valence-corrected chi connectivity index (χ3v) is 2.12. The number of amides is 1. The largest absolute Gasteiger partial charge is 0.327 e. The van der Waals surface area contributed by atoms with E-state index in [2.05, 4.69) is 24.1 Å². The van der Waals surface area contributed by atoms with E-state index in [-0.39, 0.29) is 7.33 Å². The number of nitrogens with one attached hydrogen (secondary N) is 1. The number of hydrogen-bond acceptors (Lipinski definition) is 2. The lowest BCUT2D eigenvalue weighted by Gasteiger charge is -2.09. The fraction of sp³-hybridized carbons (Fsp3) is 0.643. The van der Waals surface area contributed by atoms with Gasteiger partial charge >= 0.3 is 0 Å². The molecular formula is C14H27FN2O. The Kier molecular flexibility index (Phi) is 14.5. The van der Waals surface area contributed by atoms with E-state index in [9.17, 15) is 9.18 Å². The smallest absolute Gasteiger partial charge is 0.298 e. The zero-order chi connectivity index (χ0) is 14.4. The highest BCUT2D eigenvalue weighted by Gasteiger charge is 2.19. The first-order valence-electron chi connectivity index (χ1n) is 6.33. The number of likely N-dealkylation sites (tertiary alicyclic amines) is 1. The summed E-state index contributed by atoms with van der Waals surface area (Å²) in [7, 11) is 1.93. The highest BCUT2D eigenvalue weighted by Crippen LogP contribution is 2.14. The van der Waals surface area contributed by atoms with Crippen molar-refractivity contribution in [2.24, 2.45) is 0 Å². The van der Waals surface area contributed by atoms with Gasteiger partial charge in [0, 0.05) is 14.5 Å². The lowest BCUT2D eigenvalue weighted by molar-refractivity contribution is -0.123. The number of rotatable bonds is 1. The average Bonchev–Trinajstić information content (AvgIpc) is 2.90. The maximum Gasteiger partial charge on any atom is 0.298 e. The molecule has 1 amide bonds. The molecule has 1 fully saturated rings. The van der Waals surface area contributed by atoms with Crippen molar-refractivity contribution in [3.8, 4) is 11.8 Å². The van der Waals surface area contributed by atoms with Crippen molar-refractivity contribution in [2.75, 3.05) is 26.7 Å². The van der Waals surface area contributed by atoms with Gasteiger partial charge in [-0.1, -0.05) is 26.7 Å². The third kappa shape index (κ3) is 8.77. The molecule has 1 aliphatic rings. The second-order valence-corrected chi connectivity index (χ2v) is 3.33. The van der Waals surface area contributed by atoms with Crippen molar-refractivity contribution < 1.29 is 10.6 Å². The first kappa shape index (κ1) is 19.0. The molecule has 106 valence electrons. The van der Waals surface area contributed by atoms with E-state index in [4.69, 9.17) is 0 Å². The average molecular weight is 258 g/mol. The summed E-state index contributed by atoms with van der Waals surface area (Å²) in [4.78, 5) is 12.7. The van der Waals surface area contributed by atoms with Gasteiger partial charge in [0.15, 0.2) is 0 Å². The predicted octanol–water partition coefficient (Wildman–Crippen LogP) is 2.59. The summed E-state index contributed by atoms with van der Waals surface area (Å²) in [5, 5.41) is 2.93. The Bertz CT molecular complexity index is 306. The van der Waals surface area contributed by atoms with Gasteiger partial charge in [0.1, 0.15) is 0 Å². The van der Waals surface area contributed by atoms with Crippen LogP contribution < -0.4 is 5.32 Å². The lowest BCUT2D eigenvalue weighted by atomic mass is 10.3. The van der Waals surface area contributed by atoms with Crippen LogP contribution in [0.5, 0.6) is 0 Å². The summed E-state index contributed by atoms with van der Waals surface area (Å²) in [6.45, 7) is 9.73. The Morgan fingerprint density at radius 2 is 2.17 bits per heavy atom. The molecule has 18 heavy (non-hydrogen) atoms. The van der Waals surface area contributed by atoms with Crippen molar-refractivity contribution in [3.05, 3.63) is 11.9 Å². The van der Waals surface area contributed by atoms with Gasteiger partial charge in [0.05, 0.1) is 6.33 Å². The van der Waals surface area contributed by atoms with Crippen LogP contribution in [0.1, 0.15) is 35.5 Å². The fourth-order valence-electron chi connectivity index (χ4n) is 1.13. The van der Waals surface area contributed by atoms with Gasteiger partial charge in [0.2, 0.25) is 0 Å². The van der Waals surface area contributed by atoms with Crippen LogP contribution in [0.2, 0.25) is 0 Å². The molecule has 3 nitrogen and oxygen atoms in total. The standard InChI is InChI=1S/C9H10FNO.C3H9N.C2H6.H2/c1-2-3-9(12)11-5-4-8(6-10)7-11;1-3-4-2;1-2;/h6H,4-5,7H2,1H3;4H,3H2,1-2H3;1-2H3;1H/b8-6-;;;. The molecule has 0 aliphatic carbocycles. The highest BCUT2D eigenvalue weighted by atomic mass is 19.1. The molecule has 0 aromatic carbocycles. The van der Waals surface area contributed by atoms with E-state index in [0.29, 0.717) is 31.4 Å².